The predicted octanol–water partition coefficient (Wildman–Crippen LogP) is 1.57. The van der Waals surface area contributed by atoms with Gasteiger partial charge in [-0.25, -0.2) is 0 Å². The Labute approximate surface area is 89.1 Å². The lowest BCUT2D eigenvalue weighted by molar-refractivity contribution is 0.910. The maximum atomic E-state index is 3.97. The van der Waals surface area contributed by atoms with Gasteiger partial charge in [0.2, 0.25) is 0 Å². The van der Waals surface area contributed by atoms with E-state index in [0.29, 0.717) is 6.54 Å². The van der Waals surface area contributed by atoms with Crippen LogP contribution in [0.15, 0.2) is 29.1 Å². The first-order valence-corrected chi connectivity index (χ1v) is 4.83. The molecule has 2 heterocycles. The fraction of sp³-hybridized carbons (Fsp3) is 0.125. The Morgan fingerprint density at radius 3 is 3.07 bits per heavy atom. The SMILES string of the molecule is Brc1cnccc1NCc1cn[nH]n1. The van der Waals surface area contributed by atoms with Crippen molar-refractivity contribution in [2.24, 2.45) is 0 Å². The number of rotatable bonds is 3. The second kappa shape index (κ2) is 4.19. The van der Waals surface area contributed by atoms with Crippen molar-refractivity contribution in [2.75, 3.05) is 5.32 Å². The highest BCUT2D eigenvalue weighted by Crippen LogP contribution is 2.20. The van der Waals surface area contributed by atoms with Gasteiger partial charge in [0, 0.05) is 12.4 Å². The fourth-order valence-corrected chi connectivity index (χ4v) is 1.41. The number of pyridine rings is 1. The Kier molecular flexibility index (Phi) is 2.73. The number of halogens is 1. The van der Waals surface area contributed by atoms with Crippen LogP contribution in [0.4, 0.5) is 5.69 Å². The molecule has 0 aromatic carbocycles. The van der Waals surface area contributed by atoms with Gasteiger partial charge in [0.1, 0.15) is 5.69 Å². The van der Waals surface area contributed by atoms with E-state index >= 15 is 0 Å². The molecule has 0 amide bonds. The van der Waals surface area contributed by atoms with Gasteiger partial charge in [-0.2, -0.15) is 15.4 Å². The van der Waals surface area contributed by atoms with Crippen molar-refractivity contribution in [2.45, 2.75) is 6.54 Å². The molecule has 2 aromatic rings. The fourth-order valence-electron chi connectivity index (χ4n) is 1.01. The molecule has 6 heteroatoms. The van der Waals surface area contributed by atoms with Crippen molar-refractivity contribution in [1.82, 2.24) is 20.4 Å². The molecule has 0 atom stereocenters. The summed E-state index contributed by atoms with van der Waals surface area (Å²) in [7, 11) is 0. The van der Waals surface area contributed by atoms with Crippen LogP contribution in [0, 0.1) is 0 Å². The second-order valence-corrected chi connectivity index (χ2v) is 3.52. The van der Waals surface area contributed by atoms with E-state index in [2.05, 4.69) is 41.6 Å². The van der Waals surface area contributed by atoms with Gasteiger partial charge in [-0.05, 0) is 22.0 Å². The Morgan fingerprint density at radius 2 is 2.36 bits per heavy atom. The normalized spacial score (nSPS) is 10.1. The van der Waals surface area contributed by atoms with Crippen molar-refractivity contribution >= 4 is 21.6 Å². The number of anilines is 1. The average molecular weight is 254 g/mol. The van der Waals surface area contributed by atoms with Crippen molar-refractivity contribution < 1.29 is 0 Å². The number of H-pyrrole nitrogens is 1. The molecule has 0 unspecified atom stereocenters. The van der Waals surface area contributed by atoms with Gasteiger partial charge >= 0.3 is 0 Å². The lowest BCUT2D eigenvalue weighted by Crippen LogP contribution is -2.00. The third kappa shape index (κ3) is 2.08. The molecule has 0 aliphatic heterocycles. The highest BCUT2D eigenvalue weighted by molar-refractivity contribution is 9.10. The van der Waals surface area contributed by atoms with Gasteiger partial charge in [-0.3, -0.25) is 4.98 Å². The average Bonchev–Trinajstić information content (AvgIpc) is 2.69. The first-order valence-electron chi connectivity index (χ1n) is 4.04. The summed E-state index contributed by atoms with van der Waals surface area (Å²) in [5.74, 6) is 0. The Bertz CT molecular complexity index is 400. The zero-order valence-electron chi connectivity index (χ0n) is 7.24. The molecule has 0 saturated carbocycles. The molecule has 0 fully saturated rings. The maximum Gasteiger partial charge on any atom is 0.101 e. The lowest BCUT2D eigenvalue weighted by Gasteiger charge is -2.04. The van der Waals surface area contributed by atoms with Gasteiger partial charge in [-0.15, -0.1) is 0 Å². The number of hydrogen-bond acceptors (Lipinski definition) is 4. The summed E-state index contributed by atoms with van der Waals surface area (Å²) in [5, 5.41) is 13.4. The minimum atomic E-state index is 0.638. The molecule has 0 aliphatic carbocycles. The van der Waals surface area contributed by atoms with E-state index in [-0.39, 0.29) is 0 Å². The summed E-state index contributed by atoms with van der Waals surface area (Å²) in [6, 6.07) is 1.89. The van der Waals surface area contributed by atoms with Gasteiger partial charge in [0.15, 0.2) is 0 Å². The third-order valence-electron chi connectivity index (χ3n) is 1.70. The van der Waals surface area contributed by atoms with Crippen LogP contribution in [0.1, 0.15) is 5.69 Å². The van der Waals surface area contributed by atoms with Crippen molar-refractivity contribution in [3.05, 3.63) is 34.8 Å². The minimum absolute atomic E-state index is 0.638. The van der Waals surface area contributed by atoms with Crippen LogP contribution < -0.4 is 5.32 Å². The van der Waals surface area contributed by atoms with Crippen LogP contribution in [0.25, 0.3) is 0 Å². The number of hydrogen-bond donors (Lipinski definition) is 2. The van der Waals surface area contributed by atoms with Crippen LogP contribution in [0.5, 0.6) is 0 Å². The molecule has 2 aromatic heterocycles. The number of nitrogens with one attached hydrogen (secondary N) is 2. The summed E-state index contributed by atoms with van der Waals surface area (Å²) in [6.45, 7) is 0.638. The van der Waals surface area contributed by atoms with Crippen molar-refractivity contribution in [3.8, 4) is 0 Å². The Morgan fingerprint density at radius 1 is 1.43 bits per heavy atom. The Balaban J connectivity index is 2.02. The second-order valence-electron chi connectivity index (χ2n) is 2.67. The smallest absolute Gasteiger partial charge is 0.101 e. The quantitative estimate of drug-likeness (QED) is 0.872. The maximum absolute atomic E-state index is 3.97. The molecule has 0 saturated heterocycles. The molecule has 5 nitrogen and oxygen atoms in total. The molecule has 2 N–H and O–H groups in total. The van der Waals surface area contributed by atoms with Gasteiger partial charge in [0.05, 0.1) is 22.9 Å². The summed E-state index contributed by atoms with van der Waals surface area (Å²) in [6.07, 6.45) is 5.16. The van der Waals surface area contributed by atoms with E-state index in [4.69, 9.17) is 0 Å². The van der Waals surface area contributed by atoms with E-state index in [0.717, 1.165) is 15.9 Å². The van der Waals surface area contributed by atoms with Crippen LogP contribution in [-0.4, -0.2) is 20.4 Å². The van der Waals surface area contributed by atoms with Crippen molar-refractivity contribution in [1.29, 1.82) is 0 Å². The summed E-state index contributed by atoms with van der Waals surface area (Å²) >= 11 is 3.39. The van der Waals surface area contributed by atoms with Crippen LogP contribution in [0.3, 0.4) is 0 Å². The zero-order chi connectivity index (χ0) is 9.80. The van der Waals surface area contributed by atoms with E-state index in [9.17, 15) is 0 Å². The van der Waals surface area contributed by atoms with Crippen molar-refractivity contribution in [3.63, 3.8) is 0 Å². The van der Waals surface area contributed by atoms with Crippen LogP contribution >= 0.6 is 15.9 Å². The Hall–Kier alpha value is -1.43. The van der Waals surface area contributed by atoms with E-state index in [1.54, 1.807) is 18.6 Å². The standard InChI is InChI=1S/C8H8BrN5/c9-7-5-10-2-1-8(7)11-3-6-4-12-14-13-6/h1-2,4-5H,3H2,(H,10,11)(H,12,13,14). The summed E-state index contributed by atoms with van der Waals surface area (Å²) in [4.78, 5) is 3.97. The first kappa shape index (κ1) is 9.14. The van der Waals surface area contributed by atoms with Crippen LogP contribution in [0.2, 0.25) is 0 Å². The number of aromatic amines is 1. The molecule has 0 aliphatic rings. The van der Waals surface area contributed by atoms with E-state index < -0.39 is 0 Å². The number of nitrogens with zero attached hydrogens (tertiary/aromatic N) is 3. The molecule has 0 spiro atoms. The highest BCUT2D eigenvalue weighted by Gasteiger charge is 1.99. The van der Waals surface area contributed by atoms with E-state index in [1.165, 1.54) is 0 Å². The molecule has 0 radical (unpaired) electrons. The first-order chi connectivity index (χ1) is 6.86. The molecule has 72 valence electrons. The highest BCUT2D eigenvalue weighted by atomic mass is 79.9. The van der Waals surface area contributed by atoms with Gasteiger partial charge < -0.3 is 5.32 Å². The van der Waals surface area contributed by atoms with E-state index in [1.807, 2.05) is 6.07 Å². The number of aromatic nitrogens is 4. The predicted molar refractivity (Wildman–Crippen MR) is 55.6 cm³/mol. The third-order valence-corrected chi connectivity index (χ3v) is 2.33. The summed E-state index contributed by atoms with van der Waals surface area (Å²) < 4.78 is 0.934. The molecule has 0 bridgehead atoms. The summed E-state index contributed by atoms with van der Waals surface area (Å²) in [5.41, 5.74) is 1.86. The molecule has 2 rings (SSSR count). The molecule has 14 heavy (non-hydrogen) atoms. The monoisotopic (exact) mass is 253 g/mol. The van der Waals surface area contributed by atoms with Gasteiger partial charge in [-0.1, -0.05) is 0 Å². The minimum Gasteiger partial charge on any atom is -0.378 e. The molecular formula is C8H8BrN5. The lowest BCUT2D eigenvalue weighted by atomic mass is 10.4. The largest absolute Gasteiger partial charge is 0.378 e. The van der Waals surface area contributed by atoms with Crippen LogP contribution in [-0.2, 0) is 6.54 Å². The molecular weight excluding hydrogens is 246 g/mol. The van der Waals surface area contributed by atoms with Gasteiger partial charge in [0.25, 0.3) is 0 Å². The zero-order valence-corrected chi connectivity index (χ0v) is 8.82. The topological polar surface area (TPSA) is 66.5 Å².